The van der Waals surface area contributed by atoms with Gasteiger partial charge in [-0.25, -0.2) is 0 Å². The van der Waals surface area contributed by atoms with Gasteiger partial charge in [-0.2, -0.15) is 0 Å². The smallest absolute Gasteiger partial charge is 0.310 e. The van der Waals surface area contributed by atoms with E-state index in [1.165, 1.54) is 19.3 Å². The molecule has 168 valence electrons. The Kier molecular flexibility index (Phi) is 5.77. The van der Waals surface area contributed by atoms with Gasteiger partial charge in [-0.15, -0.1) is 0 Å². The number of hydrogen-bond donors (Lipinski definition) is 0. The van der Waals surface area contributed by atoms with Gasteiger partial charge in [0.2, 0.25) is 0 Å². The molecule has 4 atom stereocenters. The van der Waals surface area contributed by atoms with Crippen LogP contribution in [0.5, 0.6) is 0 Å². The Morgan fingerprint density at radius 2 is 1.94 bits per heavy atom. The molecule has 2 heterocycles. The van der Waals surface area contributed by atoms with E-state index in [2.05, 4.69) is 23.6 Å². The normalized spacial score (nSPS) is 33.9. The molecule has 6 heteroatoms. The van der Waals surface area contributed by atoms with Crippen molar-refractivity contribution in [3.63, 3.8) is 0 Å². The largest absolute Gasteiger partial charge is 0.462 e. The van der Waals surface area contributed by atoms with Crippen molar-refractivity contribution in [3.8, 4) is 0 Å². The SMILES string of the molecule is CC1=C2CC3C(CC2(C)CCC1)OC(=O)C3CN1CCN(c2ccc(Cl)c(Cl)c2)CC1. The lowest BCUT2D eigenvalue weighted by atomic mass is 9.59. The maximum Gasteiger partial charge on any atom is 0.310 e. The first-order valence-corrected chi connectivity index (χ1v) is 12.4. The number of allylic oxidation sites excluding steroid dienone is 2. The standard InChI is InChI=1S/C25H32Cl2N2O2/c1-16-4-3-7-25(2)14-23-18(13-20(16)25)19(24(30)31-23)15-28-8-10-29(11-9-28)17-5-6-21(26)22(27)12-17/h5-6,12,18-19,23H,3-4,7-11,13-15H2,1-2H3. The number of carbonyl (C=O) groups is 1. The molecule has 4 nitrogen and oxygen atoms in total. The minimum atomic E-state index is 0.00769. The second-order valence-corrected chi connectivity index (χ2v) is 11.0. The highest BCUT2D eigenvalue weighted by atomic mass is 35.5. The summed E-state index contributed by atoms with van der Waals surface area (Å²) in [5, 5.41) is 1.18. The fraction of sp³-hybridized carbons (Fsp3) is 0.640. The third-order valence-corrected chi connectivity index (χ3v) is 9.01. The molecule has 1 aromatic rings. The summed E-state index contributed by atoms with van der Waals surface area (Å²) >= 11 is 12.3. The molecule has 1 saturated carbocycles. The van der Waals surface area contributed by atoms with Gasteiger partial charge in [-0.1, -0.05) is 41.3 Å². The fourth-order valence-electron chi connectivity index (χ4n) is 6.47. The summed E-state index contributed by atoms with van der Waals surface area (Å²) in [5.41, 5.74) is 4.55. The molecule has 2 saturated heterocycles. The van der Waals surface area contributed by atoms with Crippen molar-refractivity contribution < 1.29 is 9.53 Å². The molecule has 0 amide bonds. The highest BCUT2D eigenvalue weighted by molar-refractivity contribution is 6.42. The molecular formula is C25H32Cl2N2O2. The lowest BCUT2D eigenvalue weighted by Crippen LogP contribution is -2.49. The van der Waals surface area contributed by atoms with E-state index in [9.17, 15) is 4.79 Å². The van der Waals surface area contributed by atoms with Crippen LogP contribution >= 0.6 is 23.2 Å². The summed E-state index contributed by atoms with van der Waals surface area (Å²) in [7, 11) is 0. The van der Waals surface area contributed by atoms with E-state index in [1.807, 2.05) is 18.2 Å². The number of anilines is 1. The van der Waals surface area contributed by atoms with Crippen molar-refractivity contribution in [1.29, 1.82) is 0 Å². The third kappa shape index (κ3) is 4.00. The van der Waals surface area contributed by atoms with Crippen molar-refractivity contribution in [2.75, 3.05) is 37.6 Å². The Hall–Kier alpha value is -1.23. The Morgan fingerprint density at radius 3 is 2.68 bits per heavy atom. The quantitative estimate of drug-likeness (QED) is 0.433. The highest BCUT2D eigenvalue weighted by Gasteiger charge is 2.53. The molecule has 0 radical (unpaired) electrons. The van der Waals surface area contributed by atoms with Crippen LogP contribution in [0, 0.1) is 17.3 Å². The van der Waals surface area contributed by atoms with Gasteiger partial charge in [0.15, 0.2) is 0 Å². The zero-order chi connectivity index (χ0) is 21.8. The number of benzene rings is 1. The first kappa shape index (κ1) is 21.6. The van der Waals surface area contributed by atoms with Crippen LogP contribution in [0.25, 0.3) is 0 Å². The monoisotopic (exact) mass is 462 g/mol. The summed E-state index contributed by atoms with van der Waals surface area (Å²) in [5.74, 6) is 0.382. The number of piperazine rings is 1. The van der Waals surface area contributed by atoms with E-state index >= 15 is 0 Å². The molecule has 2 aliphatic carbocycles. The number of ether oxygens (including phenoxy) is 1. The van der Waals surface area contributed by atoms with Crippen molar-refractivity contribution in [2.24, 2.45) is 17.3 Å². The molecule has 5 rings (SSSR count). The van der Waals surface area contributed by atoms with E-state index in [1.54, 1.807) is 11.1 Å². The van der Waals surface area contributed by atoms with Crippen LogP contribution in [0.4, 0.5) is 5.69 Å². The molecule has 1 aromatic carbocycles. The second-order valence-electron chi connectivity index (χ2n) is 10.2. The third-order valence-electron chi connectivity index (χ3n) is 8.28. The summed E-state index contributed by atoms with van der Waals surface area (Å²) in [6, 6.07) is 5.83. The zero-order valence-corrected chi connectivity index (χ0v) is 20.0. The Bertz CT molecular complexity index is 909. The lowest BCUT2D eigenvalue weighted by molar-refractivity contribution is -0.145. The van der Waals surface area contributed by atoms with Gasteiger partial charge in [0.05, 0.1) is 16.0 Å². The molecule has 0 aromatic heterocycles. The number of rotatable bonds is 3. The Balaban J connectivity index is 1.24. The van der Waals surface area contributed by atoms with Crippen molar-refractivity contribution >= 4 is 34.9 Å². The molecule has 0 bridgehead atoms. The molecular weight excluding hydrogens is 431 g/mol. The summed E-state index contributed by atoms with van der Waals surface area (Å²) in [6.45, 7) is 9.26. The number of halogens is 2. The zero-order valence-electron chi connectivity index (χ0n) is 18.5. The predicted molar refractivity (Wildman–Crippen MR) is 126 cm³/mol. The molecule has 3 fully saturated rings. The van der Waals surface area contributed by atoms with Gasteiger partial charge in [0.25, 0.3) is 0 Å². The van der Waals surface area contributed by atoms with Crippen LogP contribution in [-0.4, -0.2) is 49.7 Å². The fourth-order valence-corrected chi connectivity index (χ4v) is 6.76. The first-order chi connectivity index (χ1) is 14.8. The Labute approximate surface area is 195 Å². The van der Waals surface area contributed by atoms with Crippen molar-refractivity contribution in [3.05, 3.63) is 39.4 Å². The number of esters is 1. The van der Waals surface area contributed by atoms with E-state index < -0.39 is 0 Å². The van der Waals surface area contributed by atoms with E-state index in [-0.39, 0.29) is 23.4 Å². The van der Waals surface area contributed by atoms with Crippen LogP contribution in [0.3, 0.4) is 0 Å². The van der Waals surface area contributed by atoms with Gasteiger partial charge in [0.1, 0.15) is 6.10 Å². The molecule has 2 aliphatic heterocycles. The van der Waals surface area contributed by atoms with Crippen LogP contribution < -0.4 is 4.90 Å². The van der Waals surface area contributed by atoms with Gasteiger partial charge >= 0.3 is 5.97 Å². The number of nitrogens with zero attached hydrogens (tertiary/aromatic N) is 2. The van der Waals surface area contributed by atoms with Crippen LogP contribution in [0.1, 0.15) is 46.0 Å². The van der Waals surface area contributed by atoms with Gasteiger partial charge < -0.3 is 9.64 Å². The van der Waals surface area contributed by atoms with Gasteiger partial charge in [0, 0.05) is 44.3 Å². The van der Waals surface area contributed by atoms with E-state index in [4.69, 9.17) is 27.9 Å². The maximum atomic E-state index is 12.9. The van der Waals surface area contributed by atoms with Gasteiger partial charge in [-0.3, -0.25) is 9.69 Å². The van der Waals surface area contributed by atoms with Crippen molar-refractivity contribution in [2.45, 2.75) is 52.1 Å². The van der Waals surface area contributed by atoms with Crippen LogP contribution in [0.2, 0.25) is 10.0 Å². The summed E-state index contributed by atoms with van der Waals surface area (Å²) < 4.78 is 5.96. The molecule has 0 N–H and O–H groups in total. The molecule has 31 heavy (non-hydrogen) atoms. The summed E-state index contributed by atoms with van der Waals surface area (Å²) in [4.78, 5) is 17.6. The molecule has 4 unspecified atom stereocenters. The topological polar surface area (TPSA) is 32.8 Å². The first-order valence-electron chi connectivity index (χ1n) is 11.7. The maximum absolute atomic E-state index is 12.9. The number of carbonyl (C=O) groups excluding carboxylic acids is 1. The minimum Gasteiger partial charge on any atom is -0.462 e. The average Bonchev–Trinajstić information content (AvgIpc) is 3.03. The molecule has 4 aliphatic rings. The van der Waals surface area contributed by atoms with Crippen LogP contribution in [0.15, 0.2) is 29.3 Å². The molecule has 0 spiro atoms. The Morgan fingerprint density at radius 1 is 1.16 bits per heavy atom. The van der Waals surface area contributed by atoms with E-state index in [0.717, 1.165) is 51.3 Å². The number of fused-ring (bicyclic) bond motifs is 2. The highest BCUT2D eigenvalue weighted by Crippen LogP contribution is 2.55. The van der Waals surface area contributed by atoms with E-state index in [0.29, 0.717) is 16.0 Å². The van der Waals surface area contributed by atoms with Crippen LogP contribution in [-0.2, 0) is 9.53 Å². The predicted octanol–water partition coefficient (Wildman–Crippen LogP) is 5.57. The number of hydrogen-bond acceptors (Lipinski definition) is 4. The minimum absolute atomic E-state index is 0.00769. The lowest BCUT2D eigenvalue weighted by Gasteiger charge is -2.46. The van der Waals surface area contributed by atoms with Crippen molar-refractivity contribution in [1.82, 2.24) is 4.90 Å². The van der Waals surface area contributed by atoms with Gasteiger partial charge in [-0.05, 0) is 62.6 Å². The average molecular weight is 463 g/mol. The second kappa shape index (κ2) is 8.28. The summed E-state index contributed by atoms with van der Waals surface area (Å²) in [6.07, 6.45) is 5.89.